The molecule has 3 rings (SSSR count). The van der Waals surface area contributed by atoms with Gasteiger partial charge in [-0.2, -0.15) is 0 Å². The molecule has 1 heterocycles. The van der Waals surface area contributed by atoms with E-state index in [1.807, 2.05) is 0 Å². The lowest BCUT2D eigenvalue weighted by Crippen LogP contribution is -2.34. The Morgan fingerprint density at radius 1 is 1.18 bits per heavy atom. The predicted octanol–water partition coefficient (Wildman–Crippen LogP) is 3.02. The fraction of sp³-hybridized carbons (Fsp3) is 0.300. The Bertz CT molecular complexity index is 857. The van der Waals surface area contributed by atoms with Gasteiger partial charge in [0.25, 0.3) is 0 Å². The molecule has 2 aromatic carbocycles. The normalized spacial score (nSPS) is 16.0. The van der Waals surface area contributed by atoms with Crippen LogP contribution in [0.1, 0.15) is 6.42 Å². The molecule has 1 aliphatic rings. The first kappa shape index (κ1) is 19.5. The third-order valence-corrected chi connectivity index (χ3v) is 4.55. The number of amides is 3. The average molecular weight is 387 g/mol. The Kier molecular flexibility index (Phi) is 5.98. The molecule has 0 unspecified atom stereocenters. The van der Waals surface area contributed by atoms with Crippen molar-refractivity contribution in [3.8, 4) is 11.5 Å². The molecule has 1 fully saturated rings. The number of rotatable bonds is 6. The van der Waals surface area contributed by atoms with Gasteiger partial charge in [-0.3, -0.25) is 4.79 Å². The van der Waals surface area contributed by atoms with Gasteiger partial charge in [0.1, 0.15) is 17.3 Å². The monoisotopic (exact) mass is 387 g/mol. The van der Waals surface area contributed by atoms with Crippen molar-refractivity contribution in [2.75, 3.05) is 37.5 Å². The van der Waals surface area contributed by atoms with E-state index in [2.05, 4.69) is 10.6 Å². The molecule has 0 aliphatic carbocycles. The number of carbonyl (C=O) groups excluding carboxylic acids is 2. The Labute approximate surface area is 162 Å². The van der Waals surface area contributed by atoms with Crippen LogP contribution in [-0.2, 0) is 4.79 Å². The molecule has 28 heavy (non-hydrogen) atoms. The second-order valence-electron chi connectivity index (χ2n) is 6.45. The van der Waals surface area contributed by atoms with Crippen molar-refractivity contribution in [2.24, 2.45) is 5.92 Å². The van der Waals surface area contributed by atoms with Crippen molar-refractivity contribution in [3.05, 3.63) is 48.3 Å². The van der Waals surface area contributed by atoms with E-state index in [1.165, 1.54) is 19.2 Å². The molecule has 1 atom stereocenters. The second-order valence-corrected chi connectivity index (χ2v) is 6.45. The molecule has 0 saturated carbocycles. The van der Waals surface area contributed by atoms with Crippen LogP contribution in [0.3, 0.4) is 0 Å². The minimum atomic E-state index is -0.392. The lowest BCUT2D eigenvalue weighted by Gasteiger charge is -2.17. The number of hydrogen-bond donors (Lipinski definition) is 2. The molecular formula is C20H22FN3O4. The summed E-state index contributed by atoms with van der Waals surface area (Å²) in [6.45, 7) is 0.810. The van der Waals surface area contributed by atoms with Gasteiger partial charge in [0.2, 0.25) is 5.91 Å². The number of anilines is 2. The predicted molar refractivity (Wildman–Crippen MR) is 103 cm³/mol. The SMILES string of the molecule is COc1ccc(NC(=O)NC[C@H]2CC(=O)N(c3ccc(F)cc3)C2)c(OC)c1. The highest BCUT2D eigenvalue weighted by Crippen LogP contribution is 2.29. The largest absolute Gasteiger partial charge is 0.497 e. The van der Waals surface area contributed by atoms with E-state index in [0.29, 0.717) is 42.4 Å². The Balaban J connectivity index is 1.54. The van der Waals surface area contributed by atoms with Gasteiger partial charge in [-0.15, -0.1) is 0 Å². The molecule has 1 saturated heterocycles. The van der Waals surface area contributed by atoms with Crippen LogP contribution >= 0.6 is 0 Å². The zero-order valence-electron chi connectivity index (χ0n) is 15.7. The minimum absolute atomic E-state index is 0.0268. The van der Waals surface area contributed by atoms with Crippen LogP contribution in [0.25, 0.3) is 0 Å². The summed E-state index contributed by atoms with van der Waals surface area (Å²) in [6.07, 6.45) is 0.323. The fourth-order valence-electron chi connectivity index (χ4n) is 3.09. The average Bonchev–Trinajstić information content (AvgIpc) is 3.08. The van der Waals surface area contributed by atoms with Crippen molar-refractivity contribution in [2.45, 2.75) is 6.42 Å². The van der Waals surface area contributed by atoms with Gasteiger partial charge in [-0.25, -0.2) is 9.18 Å². The summed E-state index contributed by atoms with van der Waals surface area (Å²) in [6, 6.07) is 10.5. The third kappa shape index (κ3) is 4.51. The first-order valence-electron chi connectivity index (χ1n) is 8.83. The van der Waals surface area contributed by atoms with Crippen LogP contribution in [0.5, 0.6) is 11.5 Å². The Morgan fingerprint density at radius 3 is 2.61 bits per heavy atom. The molecule has 148 valence electrons. The number of benzene rings is 2. The van der Waals surface area contributed by atoms with Gasteiger partial charge in [-0.1, -0.05) is 0 Å². The lowest BCUT2D eigenvalue weighted by molar-refractivity contribution is -0.117. The number of halogens is 1. The molecule has 3 amide bonds. The number of carbonyl (C=O) groups is 2. The van der Waals surface area contributed by atoms with Crippen molar-refractivity contribution in [3.63, 3.8) is 0 Å². The van der Waals surface area contributed by atoms with Crippen LogP contribution < -0.4 is 25.0 Å². The summed E-state index contributed by atoms with van der Waals surface area (Å²) >= 11 is 0. The van der Waals surface area contributed by atoms with E-state index in [0.717, 1.165) is 0 Å². The number of hydrogen-bond acceptors (Lipinski definition) is 4. The summed E-state index contributed by atoms with van der Waals surface area (Å²) in [4.78, 5) is 26.0. The zero-order chi connectivity index (χ0) is 20.1. The molecule has 7 nitrogen and oxygen atoms in total. The molecule has 2 aromatic rings. The van der Waals surface area contributed by atoms with Crippen LogP contribution in [-0.4, -0.2) is 39.2 Å². The van der Waals surface area contributed by atoms with Crippen molar-refractivity contribution in [1.29, 1.82) is 0 Å². The maximum Gasteiger partial charge on any atom is 0.319 e. The third-order valence-electron chi connectivity index (χ3n) is 4.55. The molecular weight excluding hydrogens is 365 g/mol. The number of urea groups is 1. The lowest BCUT2D eigenvalue weighted by atomic mass is 10.1. The number of ether oxygens (including phenoxy) is 2. The Hall–Kier alpha value is -3.29. The number of methoxy groups -OCH3 is 2. The number of nitrogens with zero attached hydrogens (tertiary/aromatic N) is 1. The summed E-state index contributed by atoms with van der Waals surface area (Å²) in [5, 5.41) is 5.51. The summed E-state index contributed by atoms with van der Waals surface area (Å²) < 4.78 is 23.4. The molecule has 1 aliphatic heterocycles. The van der Waals surface area contributed by atoms with E-state index >= 15 is 0 Å². The maximum absolute atomic E-state index is 13.1. The maximum atomic E-state index is 13.1. The van der Waals surface area contributed by atoms with Crippen molar-refractivity contribution in [1.82, 2.24) is 5.32 Å². The highest BCUT2D eigenvalue weighted by Gasteiger charge is 2.30. The van der Waals surface area contributed by atoms with E-state index < -0.39 is 6.03 Å². The Morgan fingerprint density at radius 2 is 1.93 bits per heavy atom. The van der Waals surface area contributed by atoms with Crippen LogP contribution in [0, 0.1) is 11.7 Å². The molecule has 2 N–H and O–H groups in total. The van der Waals surface area contributed by atoms with Crippen molar-refractivity contribution >= 4 is 23.3 Å². The minimum Gasteiger partial charge on any atom is -0.497 e. The summed E-state index contributed by atoms with van der Waals surface area (Å²) in [5.74, 6) is 0.678. The highest BCUT2D eigenvalue weighted by molar-refractivity contribution is 5.96. The van der Waals surface area contributed by atoms with Crippen molar-refractivity contribution < 1.29 is 23.5 Å². The number of nitrogens with one attached hydrogen (secondary N) is 2. The zero-order valence-corrected chi connectivity index (χ0v) is 15.7. The van der Waals surface area contributed by atoms with Gasteiger partial charge in [0.15, 0.2) is 0 Å². The first-order valence-corrected chi connectivity index (χ1v) is 8.83. The van der Waals surface area contributed by atoms with Gasteiger partial charge in [0, 0.05) is 37.2 Å². The first-order chi connectivity index (χ1) is 13.5. The van der Waals surface area contributed by atoms with Crippen LogP contribution in [0.2, 0.25) is 0 Å². The highest BCUT2D eigenvalue weighted by atomic mass is 19.1. The van der Waals surface area contributed by atoms with Gasteiger partial charge in [-0.05, 0) is 36.4 Å². The molecule has 0 bridgehead atoms. The fourth-order valence-corrected chi connectivity index (χ4v) is 3.09. The molecule has 0 radical (unpaired) electrons. The van der Waals surface area contributed by atoms with E-state index in [4.69, 9.17) is 9.47 Å². The van der Waals surface area contributed by atoms with Gasteiger partial charge in [0.05, 0.1) is 19.9 Å². The van der Waals surface area contributed by atoms with E-state index in [9.17, 15) is 14.0 Å². The standard InChI is InChI=1S/C20H22FN3O4/c1-27-16-7-8-17(18(10-16)28-2)23-20(26)22-11-13-9-19(25)24(12-13)15-5-3-14(21)4-6-15/h3-8,10,13H,9,11-12H2,1-2H3,(H2,22,23,26)/t13-/m1/s1. The second kappa shape index (κ2) is 8.60. The smallest absolute Gasteiger partial charge is 0.319 e. The van der Waals surface area contributed by atoms with E-state index in [-0.39, 0.29) is 17.6 Å². The summed E-state index contributed by atoms with van der Waals surface area (Å²) in [7, 11) is 3.05. The summed E-state index contributed by atoms with van der Waals surface area (Å²) in [5.41, 5.74) is 1.16. The van der Waals surface area contributed by atoms with Crippen LogP contribution in [0.15, 0.2) is 42.5 Å². The molecule has 8 heteroatoms. The van der Waals surface area contributed by atoms with Crippen LogP contribution in [0.4, 0.5) is 20.6 Å². The van der Waals surface area contributed by atoms with Gasteiger partial charge >= 0.3 is 6.03 Å². The molecule has 0 spiro atoms. The van der Waals surface area contributed by atoms with E-state index in [1.54, 1.807) is 42.3 Å². The topological polar surface area (TPSA) is 79.9 Å². The van der Waals surface area contributed by atoms with Gasteiger partial charge < -0.3 is 25.0 Å². The quantitative estimate of drug-likeness (QED) is 0.799. The molecule has 0 aromatic heterocycles.